The summed E-state index contributed by atoms with van der Waals surface area (Å²) in [4.78, 5) is 9.77. The standard InChI is InChI=1S/C50H31N3O/c1-3-12-32(13-4-1)44-31-40(50-43(52-44)20-11-27-51-50)36-15-9-14-35(28-36)38-19-10-22-48-49(38)42-30-34(24-26-47(42)54-48)33-23-25-46-41(29-33)39-18-7-8-21-45(39)53(46)37-16-5-2-6-17-37/h1-31H. The number of fused-ring (bicyclic) bond motifs is 7. The third-order valence-corrected chi connectivity index (χ3v) is 10.6. The quantitative estimate of drug-likeness (QED) is 0.181. The number of rotatable bonds is 5. The highest BCUT2D eigenvalue weighted by molar-refractivity contribution is 6.14. The largest absolute Gasteiger partial charge is 0.456 e. The van der Waals surface area contributed by atoms with Gasteiger partial charge in [-0.25, -0.2) is 4.98 Å². The SMILES string of the molecule is c1ccc(-c2cc(-c3cccc(-c4cccc5oc6ccc(-c7ccc8c(c7)c7ccccc7n8-c7ccccc7)cc6c45)c3)c3ncccc3n2)cc1. The molecule has 0 atom stereocenters. The summed E-state index contributed by atoms with van der Waals surface area (Å²) in [5.74, 6) is 0. The molecular formula is C50H31N3O. The number of hydrogen-bond acceptors (Lipinski definition) is 3. The number of furan rings is 1. The third-order valence-electron chi connectivity index (χ3n) is 10.6. The topological polar surface area (TPSA) is 43.9 Å². The molecule has 0 fully saturated rings. The monoisotopic (exact) mass is 689 g/mol. The van der Waals surface area contributed by atoms with Crippen molar-refractivity contribution in [3.05, 3.63) is 188 Å². The van der Waals surface area contributed by atoms with Crippen molar-refractivity contribution in [2.45, 2.75) is 0 Å². The second kappa shape index (κ2) is 12.1. The first-order valence-corrected chi connectivity index (χ1v) is 18.2. The number of para-hydroxylation sites is 2. The average molecular weight is 690 g/mol. The van der Waals surface area contributed by atoms with E-state index >= 15 is 0 Å². The van der Waals surface area contributed by atoms with Gasteiger partial charge in [0.1, 0.15) is 11.2 Å². The second-order valence-corrected chi connectivity index (χ2v) is 13.8. The highest BCUT2D eigenvalue weighted by Gasteiger charge is 2.17. The van der Waals surface area contributed by atoms with Crippen LogP contribution in [0.3, 0.4) is 0 Å². The van der Waals surface area contributed by atoms with Crippen molar-refractivity contribution in [3.8, 4) is 50.3 Å². The molecule has 11 aromatic rings. The molecule has 0 radical (unpaired) electrons. The van der Waals surface area contributed by atoms with Crippen LogP contribution in [0.4, 0.5) is 0 Å². The fourth-order valence-corrected chi connectivity index (χ4v) is 8.15. The normalized spacial score (nSPS) is 11.7. The van der Waals surface area contributed by atoms with Crippen LogP contribution in [-0.2, 0) is 0 Å². The van der Waals surface area contributed by atoms with E-state index in [2.05, 4.69) is 168 Å². The molecule has 0 spiro atoms. The van der Waals surface area contributed by atoms with Gasteiger partial charge in [0.25, 0.3) is 0 Å². The fraction of sp³-hybridized carbons (Fsp3) is 0. The van der Waals surface area contributed by atoms with E-state index in [4.69, 9.17) is 14.4 Å². The van der Waals surface area contributed by atoms with Crippen molar-refractivity contribution in [1.82, 2.24) is 14.5 Å². The van der Waals surface area contributed by atoms with Crippen LogP contribution < -0.4 is 0 Å². The van der Waals surface area contributed by atoms with E-state index in [0.29, 0.717) is 0 Å². The van der Waals surface area contributed by atoms with Crippen molar-refractivity contribution in [2.75, 3.05) is 0 Å². The maximum absolute atomic E-state index is 6.50. The summed E-state index contributed by atoms with van der Waals surface area (Å²) in [6, 6.07) is 64.3. The predicted octanol–water partition coefficient (Wildman–Crippen LogP) is 13.3. The number of pyridine rings is 2. The number of aromatic nitrogens is 3. The van der Waals surface area contributed by atoms with E-state index in [1.54, 1.807) is 0 Å². The zero-order valence-corrected chi connectivity index (χ0v) is 29.1. The molecule has 0 saturated heterocycles. The van der Waals surface area contributed by atoms with Gasteiger partial charge in [-0.15, -0.1) is 0 Å². The molecule has 0 amide bonds. The van der Waals surface area contributed by atoms with Crippen molar-refractivity contribution in [2.24, 2.45) is 0 Å². The Bertz CT molecular complexity index is 3210. The molecule has 0 saturated carbocycles. The molecule has 0 aliphatic heterocycles. The molecule has 7 aromatic carbocycles. The summed E-state index contributed by atoms with van der Waals surface area (Å²) in [6.45, 7) is 0. The molecule has 252 valence electrons. The molecule has 11 rings (SSSR count). The minimum absolute atomic E-state index is 0.869. The van der Waals surface area contributed by atoms with Crippen LogP contribution in [0, 0.1) is 0 Å². The molecule has 0 aliphatic carbocycles. The van der Waals surface area contributed by atoms with Gasteiger partial charge in [-0.2, -0.15) is 0 Å². The Morgan fingerprint density at radius 1 is 0.426 bits per heavy atom. The van der Waals surface area contributed by atoms with E-state index in [-0.39, 0.29) is 0 Å². The molecule has 4 heterocycles. The van der Waals surface area contributed by atoms with Gasteiger partial charge in [0.15, 0.2) is 0 Å². The van der Waals surface area contributed by atoms with Crippen molar-refractivity contribution in [1.29, 1.82) is 0 Å². The van der Waals surface area contributed by atoms with E-state index in [1.165, 1.54) is 27.4 Å². The molecular weight excluding hydrogens is 659 g/mol. The lowest BCUT2D eigenvalue weighted by Gasteiger charge is -2.12. The number of nitrogens with zero attached hydrogens (tertiary/aromatic N) is 3. The number of hydrogen-bond donors (Lipinski definition) is 0. The second-order valence-electron chi connectivity index (χ2n) is 13.8. The van der Waals surface area contributed by atoms with Gasteiger partial charge in [-0.1, -0.05) is 109 Å². The van der Waals surface area contributed by atoms with Crippen LogP contribution in [0.5, 0.6) is 0 Å². The van der Waals surface area contributed by atoms with Crippen molar-refractivity contribution >= 4 is 54.8 Å². The van der Waals surface area contributed by atoms with Gasteiger partial charge in [-0.05, 0) is 101 Å². The Morgan fingerprint density at radius 2 is 1.13 bits per heavy atom. The lowest BCUT2D eigenvalue weighted by atomic mass is 9.94. The first kappa shape index (κ1) is 30.3. The average Bonchev–Trinajstić information content (AvgIpc) is 3.79. The van der Waals surface area contributed by atoms with Crippen LogP contribution in [0.25, 0.3) is 105 Å². The third kappa shape index (κ3) is 4.85. The Morgan fingerprint density at radius 3 is 2.00 bits per heavy atom. The van der Waals surface area contributed by atoms with Crippen LogP contribution in [0.15, 0.2) is 193 Å². The molecule has 4 aromatic heterocycles. The molecule has 4 heteroatoms. The fourth-order valence-electron chi connectivity index (χ4n) is 8.15. The predicted molar refractivity (Wildman–Crippen MR) is 223 cm³/mol. The van der Waals surface area contributed by atoms with Gasteiger partial charge in [-0.3, -0.25) is 4.98 Å². The van der Waals surface area contributed by atoms with Gasteiger partial charge in [0.2, 0.25) is 0 Å². The summed E-state index contributed by atoms with van der Waals surface area (Å²) >= 11 is 0. The minimum Gasteiger partial charge on any atom is -0.456 e. The summed E-state index contributed by atoms with van der Waals surface area (Å²) in [5.41, 5.74) is 15.7. The molecule has 54 heavy (non-hydrogen) atoms. The first-order chi connectivity index (χ1) is 26.8. The van der Waals surface area contributed by atoms with Gasteiger partial charge in [0, 0.05) is 44.6 Å². The molecule has 0 bridgehead atoms. The van der Waals surface area contributed by atoms with Gasteiger partial charge >= 0.3 is 0 Å². The Labute approximate surface area is 311 Å². The molecule has 0 aliphatic rings. The maximum atomic E-state index is 6.50. The summed E-state index contributed by atoms with van der Waals surface area (Å²) in [5, 5.41) is 4.67. The lowest BCUT2D eigenvalue weighted by molar-refractivity contribution is 0.669. The summed E-state index contributed by atoms with van der Waals surface area (Å²) in [7, 11) is 0. The van der Waals surface area contributed by atoms with Crippen LogP contribution in [0.2, 0.25) is 0 Å². The summed E-state index contributed by atoms with van der Waals surface area (Å²) in [6.07, 6.45) is 1.84. The smallest absolute Gasteiger partial charge is 0.136 e. The zero-order chi connectivity index (χ0) is 35.6. The maximum Gasteiger partial charge on any atom is 0.136 e. The molecule has 0 unspecified atom stereocenters. The first-order valence-electron chi connectivity index (χ1n) is 18.2. The Balaban J connectivity index is 1.06. The highest BCUT2D eigenvalue weighted by Crippen LogP contribution is 2.41. The Kier molecular flexibility index (Phi) is 6.82. The van der Waals surface area contributed by atoms with Crippen molar-refractivity contribution in [3.63, 3.8) is 0 Å². The van der Waals surface area contributed by atoms with Crippen LogP contribution in [-0.4, -0.2) is 14.5 Å². The van der Waals surface area contributed by atoms with Crippen LogP contribution in [0.1, 0.15) is 0 Å². The highest BCUT2D eigenvalue weighted by atomic mass is 16.3. The van der Waals surface area contributed by atoms with Crippen LogP contribution >= 0.6 is 0 Å². The van der Waals surface area contributed by atoms with E-state index < -0.39 is 0 Å². The zero-order valence-electron chi connectivity index (χ0n) is 29.1. The number of benzene rings is 7. The van der Waals surface area contributed by atoms with Gasteiger partial charge in [0.05, 0.1) is 27.8 Å². The van der Waals surface area contributed by atoms with E-state index in [9.17, 15) is 0 Å². The molecule has 4 nitrogen and oxygen atoms in total. The van der Waals surface area contributed by atoms with Crippen molar-refractivity contribution < 1.29 is 4.42 Å². The Hall–Kier alpha value is -7.30. The molecule has 0 N–H and O–H groups in total. The van der Waals surface area contributed by atoms with Gasteiger partial charge < -0.3 is 8.98 Å². The minimum atomic E-state index is 0.869. The summed E-state index contributed by atoms with van der Waals surface area (Å²) < 4.78 is 8.86. The van der Waals surface area contributed by atoms with E-state index in [1.807, 2.05) is 24.4 Å². The lowest BCUT2D eigenvalue weighted by Crippen LogP contribution is -1.92. The van der Waals surface area contributed by atoms with E-state index in [0.717, 1.165) is 77.7 Å².